The summed E-state index contributed by atoms with van der Waals surface area (Å²) in [6.45, 7) is 2.54. The summed E-state index contributed by atoms with van der Waals surface area (Å²) < 4.78 is 2.26. The topological polar surface area (TPSA) is 66.2 Å². The lowest BCUT2D eigenvalue weighted by Gasteiger charge is -2.32. The molecule has 0 bridgehead atoms. The molecule has 1 fully saturated rings. The van der Waals surface area contributed by atoms with Gasteiger partial charge >= 0.3 is 0 Å². The van der Waals surface area contributed by atoms with Crippen molar-refractivity contribution >= 4 is 33.3 Å². The van der Waals surface area contributed by atoms with E-state index in [1.807, 2.05) is 24.3 Å². The minimum Gasteiger partial charge on any atom is -0.377 e. The van der Waals surface area contributed by atoms with Gasteiger partial charge in [0.15, 0.2) is 0 Å². The van der Waals surface area contributed by atoms with Gasteiger partial charge in [-0.3, -0.25) is 0 Å². The third-order valence-electron chi connectivity index (χ3n) is 7.12. The molecular formula is C31H29N5O. The molecule has 1 saturated heterocycles. The Morgan fingerprint density at radius 2 is 1.81 bits per heavy atom. The Morgan fingerprint density at radius 3 is 2.65 bits per heavy atom. The van der Waals surface area contributed by atoms with Gasteiger partial charge in [-0.15, -0.1) is 0 Å². The number of rotatable bonds is 4. The Bertz CT molecular complexity index is 1620. The molecule has 2 N–H and O–H groups in total. The number of likely N-dealkylation sites (tertiary alicyclic amines) is 1. The van der Waals surface area contributed by atoms with Gasteiger partial charge in [-0.05, 0) is 55.1 Å². The molecular weight excluding hydrogens is 458 g/mol. The van der Waals surface area contributed by atoms with E-state index in [-0.39, 0.29) is 0 Å². The number of anilines is 2. The van der Waals surface area contributed by atoms with E-state index in [9.17, 15) is 5.11 Å². The number of aliphatic hydroxyl groups is 1. The Labute approximate surface area is 216 Å². The molecule has 0 spiro atoms. The highest BCUT2D eigenvalue weighted by molar-refractivity contribution is 5.93. The lowest BCUT2D eigenvalue weighted by atomic mass is 9.92. The summed E-state index contributed by atoms with van der Waals surface area (Å²) in [6, 6.07) is 24.9. The highest BCUT2D eigenvalue weighted by atomic mass is 16.3. The number of nitrogens with one attached hydrogen (secondary N) is 1. The van der Waals surface area contributed by atoms with Crippen LogP contribution < -0.4 is 5.32 Å². The molecule has 0 radical (unpaired) electrons. The average molecular weight is 488 g/mol. The van der Waals surface area contributed by atoms with E-state index in [4.69, 9.17) is 0 Å². The van der Waals surface area contributed by atoms with E-state index in [0.717, 1.165) is 53.0 Å². The first-order valence-electron chi connectivity index (χ1n) is 12.6. The Balaban J connectivity index is 1.26. The first kappa shape index (κ1) is 23.2. The zero-order valence-corrected chi connectivity index (χ0v) is 20.9. The molecule has 0 amide bonds. The molecule has 0 saturated carbocycles. The fourth-order valence-corrected chi connectivity index (χ4v) is 4.87. The zero-order valence-electron chi connectivity index (χ0n) is 20.9. The highest BCUT2D eigenvalue weighted by Crippen LogP contribution is 2.27. The molecule has 184 valence electrons. The van der Waals surface area contributed by atoms with E-state index in [2.05, 4.69) is 98.4 Å². The standard InChI is InChI=1S/C31H29N5O/c1-35-17-14-31(37,15-18-35)13-11-23-7-9-28-27(19-23)30(33-22-32-28)34-26-8-10-29-25(20-26)12-16-36(29)21-24-5-3-2-4-6-24/h2-10,12,16,19-20,22,37H,14-15,17-18,21H2,1H3,(H,32,33,34). The van der Waals surface area contributed by atoms with Gasteiger partial charge in [0.05, 0.1) is 5.52 Å². The number of nitrogens with zero attached hydrogens (tertiary/aromatic N) is 4. The van der Waals surface area contributed by atoms with Crippen LogP contribution in [-0.4, -0.2) is 50.3 Å². The molecule has 0 aliphatic carbocycles. The largest absolute Gasteiger partial charge is 0.377 e. The molecule has 1 aliphatic rings. The van der Waals surface area contributed by atoms with Crippen LogP contribution >= 0.6 is 0 Å². The minimum absolute atomic E-state index is 0.662. The number of aromatic nitrogens is 3. The van der Waals surface area contributed by atoms with Crippen LogP contribution in [0.1, 0.15) is 24.0 Å². The van der Waals surface area contributed by atoms with Crippen LogP contribution in [0.2, 0.25) is 0 Å². The van der Waals surface area contributed by atoms with E-state index in [1.54, 1.807) is 6.33 Å². The normalized spacial score (nSPS) is 15.4. The summed E-state index contributed by atoms with van der Waals surface area (Å²) in [4.78, 5) is 11.2. The van der Waals surface area contributed by atoms with Gasteiger partial charge in [-0.25, -0.2) is 9.97 Å². The molecule has 3 heterocycles. The van der Waals surface area contributed by atoms with Crippen LogP contribution in [0.4, 0.5) is 11.5 Å². The summed E-state index contributed by atoms with van der Waals surface area (Å²) >= 11 is 0. The van der Waals surface area contributed by atoms with Crippen molar-refractivity contribution in [2.45, 2.75) is 25.0 Å². The fourth-order valence-electron chi connectivity index (χ4n) is 4.87. The van der Waals surface area contributed by atoms with Gasteiger partial charge in [-0.2, -0.15) is 0 Å². The zero-order chi connectivity index (χ0) is 25.2. The van der Waals surface area contributed by atoms with Gasteiger partial charge in [0.25, 0.3) is 0 Å². The summed E-state index contributed by atoms with van der Waals surface area (Å²) in [5.74, 6) is 7.05. The van der Waals surface area contributed by atoms with E-state index in [1.165, 1.54) is 11.1 Å². The van der Waals surface area contributed by atoms with Gasteiger partial charge in [0.1, 0.15) is 17.7 Å². The first-order valence-corrected chi connectivity index (χ1v) is 12.6. The van der Waals surface area contributed by atoms with Crippen molar-refractivity contribution in [3.05, 3.63) is 96.4 Å². The van der Waals surface area contributed by atoms with Crippen molar-refractivity contribution in [1.82, 2.24) is 19.4 Å². The summed E-state index contributed by atoms with van der Waals surface area (Å²) in [7, 11) is 2.07. The van der Waals surface area contributed by atoms with Crippen LogP contribution in [0.15, 0.2) is 85.3 Å². The molecule has 37 heavy (non-hydrogen) atoms. The molecule has 6 nitrogen and oxygen atoms in total. The second-order valence-electron chi connectivity index (χ2n) is 9.87. The number of piperidine rings is 1. The van der Waals surface area contributed by atoms with Crippen LogP contribution in [0, 0.1) is 11.8 Å². The monoisotopic (exact) mass is 487 g/mol. The molecule has 2 aromatic heterocycles. The first-order chi connectivity index (χ1) is 18.0. The maximum atomic E-state index is 10.8. The van der Waals surface area contributed by atoms with Crippen molar-refractivity contribution in [3.8, 4) is 11.8 Å². The molecule has 6 rings (SSSR count). The van der Waals surface area contributed by atoms with Crippen molar-refractivity contribution in [2.24, 2.45) is 0 Å². The van der Waals surface area contributed by atoms with Crippen molar-refractivity contribution in [1.29, 1.82) is 0 Å². The second-order valence-corrected chi connectivity index (χ2v) is 9.87. The van der Waals surface area contributed by atoms with Crippen molar-refractivity contribution in [3.63, 3.8) is 0 Å². The second kappa shape index (κ2) is 9.70. The maximum absolute atomic E-state index is 10.8. The number of hydrogen-bond donors (Lipinski definition) is 2. The lowest BCUT2D eigenvalue weighted by molar-refractivity contribution is 0.0350. The van der Waals surface area contributed by atoms with Crippen LogP contribution in [-0.2, 0) is 6.54 Å². The average Bonchev–Trinajstić information content (AvgIpc) is 3.32. The SMILES string of the molecule is CN1CCC(O)(C#Cc2ccc3ncnc(Nc4ccc5c(ccn5Cc5ccccc5)c4)c3c2)CC1. The Kier molecular flexibility index (Phi) is 6.09. The fraction of sp³-hybridized carbons (Fsp3) is 0.226. The summed E-state index contributed by atoms with van der Waals surface area (Å²) in [5, 5.41) is 16.4. The predicted molar refractivity (Wildman–Crippen MR) is 149 cm³/mol. The third kappa shape index (κ3) is 5.05. The highest BCUT2D eigenvalue weighted by Gasteiger charge is 2.28. The molecule has 6 heteroatoms. The van der Waals surface area contributed by atoms with Gasteiger partial charge in [-0.1, -0.05) is 42.2 Å². The Hall–Kier alpha value is -4.18. The number of benzene rings is 3. The van der Waals surface area contributed by atoms with Crippen molar-refractivity contribution in [2.75, 3.05) is 25.5 Å². The van der Waals surface area contributed by atoms with Crippen LogP contribution in [0.3, 0.4) is 0 Å². The molecule has 1 aliphatic heterocycles. The third-order valence-corrected chi connectivity index (χ3v) is 7.12. The number of hydrogen-bond acceptors (Lipinski definition) is 5. The smallest absolute Gasteiger partial charge is 0.141 e. The quantitative estimate of drug-likeness (QED) is 0.342. The predicted octanol–water partition coefficient (Wildman–Crippen LogP) is 5.18. The van der Waals surface area contributed by atoms with Gasteiger partial charge < -0.3 is 19.9 Å². The summed E-state index contributed by atoms with van der Waals surface area (Å²) in [5.41, 5.74) is 4.18. The van der Waals surface area contributed by atoms with Crippen LogP contribution in [0.5, 0.6) is 0 Å². The van der Waals surface area contributed by atoms with E-state index >= 15 is 0 Å². The molecule has 5 aromatic rings. The summed E-state index contributed by atoms with van der Waals surface area (Å²) in [6.07, 6.45) is 5.03. The van der Waals surface area contributed by atoms with Crippen LogP contribution in [0.25, 0.3) is 21.8 Å². The molecule has 0 atom stereocenters. The molecule has 0 unspecified atom stereocenters. The Morgan fingerprint density at radius 1 is 0.973 bits per heavy atom. The maximum Gasteiger partial charge on any atom is 0.141 e. The lowest BCUT2D eigenvalue weighted by Crippen LogP contribution is -2.41. The molecule has 3 aromatic carbocycles. The minimum atomic E-state index is -0.929. The van der Waals surface area contributed by atoms with Gasteiger partial charge in [0, 0.05) is 66.2 Å². The number of fused-ring (bicyclic) bond motifs is 2. The van der Waals surface area contributed by atoms with Gasteiger partial charge in [0.2, 0.25) is 0 Å². The van der Waals surface area contributed by atoms with E-state index < -0.39 is 5.60 Å². The van der Waals surface area contributed by atoms with Crippen molar-refractivity contribution < 1.29 is 5.11 Å². The van der Waals surface area contributed by atoms with E-state index in [0.29, 0.717) is 12.8 Å².